The van der Waals surface area contributed by atoms with E-state index in [2.05, 4.69) is 106 Å². The van der Waals surface area contributed by atoms with Gasteiger partial charge in [0.1, 0.15) is 6.04 Å². The zero-order valence-electron chi connectivity index (χ0n) is 14.3. The summed E-state index contributed by atoms with van der Waals surface area (Å²) in [4.78, 5) is 4.95. The zero-order chi connectivity index (χ0) is 17.8. The molecular formula is C22H20IN3. The molecule has 4 rings (SSSR count). The molecule has 0 fully saturated rings. The third-order valence-electron chi connectivity index (χ3n) is 4.58. The third kappa shape index (κ3) is 3.75. The van der Waals surface area contributed by atoms with Crippen molar-refractivity contribution in [2.45, 2.75) is 18.6 Å². The van der Waals surface area contributed by atoms with Crippen LogP contribution in [0.15, 0.2) is 89.9 Å². The SMILES string of the molecule is Ic1ccccc1CNC1=N[C@H](c2ccccc2)[C@@H](c2ccccc2)N1. The van der Waals surface area contributed by atoms with Gasteiger partial charge in [-0.05, 0) is 45.3 Å². The first-order valence-electron chi connectivity index (χ1n) is 8.73. The summed E-state index contributed by atoms with van der Waals surface area (Å²) in [7, 11) is 0. The topological polar surface area (TPSA) is 36.4 Å². The molecule has 3 aromatic carbocycles. The number of rotatable bonds is 4. The normalized spacial score (nSPS) is 18.9. The molecule has 0 aromatic heterocycles. The Morgan fingerprint density at radius 3 is 2.12 bits per heavy atom. The average molecular weight is 453 g/mol. The van der Waals surface area contributed by atoms with Gasteiger partial charge in [-0.3, -0.25) is 0 Å². The summed E-state index contributed by atoms with van der Waals surface area (Å²) in [5, 5.41) is 7.05. The molecule has 0 spiro atoms. The maximum Gasteiger partial charge on any atom is 0.192 e. The van der Waals surface area contributed by atoms with Crippen molar-refractivity contribution in [3.8, 4) is 0 Å². The molecule has 4 heteroatoms. The predicted molar refractivity (Wildman–Crippen MR) is 115 cm³/mol. The molecule has 26 heavy (non-hydrogen) atoms. The van der Waals surface area contributed by atoms with E-state index in [1.807, 2.05) is 12.1 Å². The van der Waals surface area contributed by atoms with Crippen LogP contribution in [-0.4, -0.2) is 5.96 Å². The minimum Gasteiger partial charge on any atom is -0.352 e. The molecule has 0 unspecified atom stereocenters. The van der Waals surface area contributed by atoms with Crippen molar-refractivity contribution in [3.05, 3.63) is 105 Å². The highest BCUT2D eigenvalue weighted by atomic mass is 127. The number of hydrogen-bond donors (Lipinski definition) is 2. The van der Waals surface area contributed by atoms with E-state index >= 15 is 0 Å². The summed E-state index contributed by atoms with van der Waals surface area (Å²) in [5.41, 5.74) is 3.74. The first-order valence-corrected chi connectivity index (χ1v) is 9.80. The first-order chi connectivity index (χ1) is 12.8. The van der Waals surface area contributed by atoms with E-state index in [1.54, 1.807) is 0 Å². The van der Waals surface area contributed by atoms with Crippen molar-refractivity contribution in [2.75, 3.05) is 0 Å². The smallest absolute Gasteiger partial charge is 0.192 e. The molecule has 1 aliphatic heterocycles. The highest BCUT2D eigenvalue weighted by molar-refractivity contribution is 14.1. The van der Waals surface area contributed by atoms with Crippen molar-refractivity contribution in [1.82, 2.24) is 10.6 Å². The Morgan fingerprint density at radius 1 is 0.808 bits per heavy atom. The van der Waals surface area contributed by atoms with Crippen LogP contribution in [0.2, 0.25) is 0 Å². The van der Waals surface area contributed by atoms with Gasteiger partial charge < -0.3 is 10.6 Å². The number of nitrogens with zero attached hydrogens (tertiary/aromatic N) is 1. The number of aliphatic imine (C=N–C) groups is 1. The second-order valence-corrected chi connectivity index (χ2v) is 7.47. The lowest BCUT2D eigenvalue weighted by Crippen LogP contribution is -2.35. The quantitative estimate of drug-likeness (QED) is 0.556. The highest BCUT2D eigenvalue weighted by Gasteiger charge is 2.31. The fraction of sp³-hybridized carbons (Fsp3) is 0.136. The molecule has 1 heterocycles. The lowest BCUT2D eigenvalue weighted by molar-refractivity contribution is 0.570. The van der Waals surface area contributed by atoms with Gasteiger partial charge >= 0.3 is 0 Å². The van der Waals surface area contributed by atoms with Crippen LogP contribution < -0.4 is 10.6 Å². The van der Waals surface area contributed by atoms with Crippen molar-refractivity contribution < 1.29 is 0 Å². The average Bonchev–Trinajstić information content (AvgIpc) is 3.13. The molecule has 130 valence electrons. The van der Waals surface area contributed by atoms with E-state index in [4.69, 9.17) is 4.99 Å². The summed E-state index contributed by atoms with van der Waals surface area (Å²) >= 11 is 2.37. The lowest BCUT2D eigenvalue weighted by atomic mass is 9.95. The lowest BCUT2D eigenvalue weighted by Gasteiger charge is -2.19. The van der Waals surface area contributed by atoms with Gasteiger partial charge in [0, 0.05) is 10.1 Å². The van der Waals surface area contributed by atoms with E-state index in [-0.39, 0.29) is 12.1 Å². The van der Waals surface area contributed by atoms with Gasteiger partial charge in [-0.15, -0.1) is 0 Å². The number of guanidine groups is 1. The predicted octanol–water partition coefficient (Wildman–Crippen LogP) is 4.82. The van der Waals surface area contributed by atoms with Gasteiger partial charge in [-0.2, -0.15) is 0 Å². The summed E-state index contributed by atoms with van der Waals surface area (Å²) in [6, 6.07) is 29.6. The minimum absolute atomic E-state index is 0.0657. The third-order valence-corrected chi connectivity index (χ3v) is 5.63. The van der Waals surface area contributed by atoms with Gasteiger partial charge in [0.25, 0.3) is 0 Å². The van der Waals surface area contributed by atoms with E-state index < -0.39 is 0 Å². The van der Waals surface area contributed by atoms with Gasteiger partial charge in [-0.25, -0.2) is 4.99 Å². The van der Waals surface area contributed by atoms with Crippen LogP contribution in [0.25, 0.3) is 0 Å². The Morgan fingerprint density at radius 2 is 1.42 bits per heavy atom. The van der Waals surface area contributed by atoms with E-state index in [9.17, 15) is 0 Å². The van der Waals surface area contributed by atoms with Crippen LogP contribution in [0.1, 0.15) is 28.8 Å². The molecule has 0 bridgehead atoms. The molecule has 3 nitrogen and oxygen atoms in total. The van der Waals surface area contributed by atoms with E-state index in [0.29, 0.717) is 0 Å². The molecular weight excluding hydrogens is 433 g/mol. The molecule has 0 amide bonds. The Kier molecular flexibility index (Phi) is 5.20. The Hall–Kier alpha value is -2.34. The van der Waals surface area contributed by atoms with Gasteiger partial charge in [0.2, 0.25) is 0 Å². The number of halogens is 1. The Balaban J connectivity index is 1.57. The molecule has 0 saturated carbocycles. The van der Waals surface area contributed by atoms with Gasteiger partial charge in [0.15, 0.2) is 5.96 Å². The van der Waals surface area contributed by atoms with Crippen molar-refractivity contribution in [1.29, 1.82) is 0 Å². The van der Waals surface area contributed by atoms with Crippen LogP contribution in [0.5, 0.6) is 0 Å². The van der Waals surface area contributed by atoms with Crippen LogP contribution in [-0.2, 0) is 6.54 Å². The largest absolute Gasteiger partial charge is 0.352 e. The minimum atomic E-state index is 0.0657. The van der Waals surface area contributed by atoms with Crippen LogP contribution in [0, 0.1) is 3.57 Å². The fourth-order valence-electron chi connectivity index (χ4n) is 3.24. The second-order valence-electron chi connectivity index (χ2n) is 6.31. The fourth-order valence-corrected chi connectivity index (χ4v) is 3.82. The standard InChI is InChI=1S/C22H20IN3/c23-19-14-8-7-13-18(19)15-24-22-25-20(16-9-3-1-4-10-16)21(26-22)17-11-5-2-6-12-17/h1-14,20-21H,15H2,(H2,24,25,26)/t20-,21-/m1/s1. The maximum absolute atomic E-state index is 4.95. The second kappa shape index (κ2) is 7.91. The molecule has 2 N–H and O–H groups in total. The van der Waals surface area contributed by atoms with Gasteiger partial charge in [-0.1, -0.05) is 78.9 Å². The summed E-state index contributed by atoms with van der Waals surface area (Å²) < 4.78 is 1.26. The first kappa shape index (κ1) is 17.1. The highest BCUT2D eigenvalue weighted by Crippen LogP contribution is 2.35. The van der Waals surface area contributed by atoms with E-state index in [0.717, 1.165) is 12.5 Å². The van der Waals surface area contributed by atoms with Crippen molar-refractivity contribution in [2.24, 2.45) is 4.99 Å². The monoisotopic (exact) mass is 453 g/mol. The molecule has 3 aromatic rings. The van der Waals surface area contributed by atoms with Crippen LogP contribution >= 0.6 is 22.6 Å². The van der Waals surface area contributed by atoms with Crippen molar-refractivity contribution in [3.63, 3.8) is 0 Å². The number of benzene rings is 3. The molecule has 0 aliphatic carbocycles. The van der Waals surface area contributed by atoms with E-state index in [1.165, 1.54) is 20.3 Å². The summed E-state index contributed by atoms with van der Waals surface area (Å²) in [6.45, 7) is 0.758. The molecule has 0 saturated heterocycles. The van der Waals surface area contributed by atoms with Crippen LogP contribution in [0.4, 0.5) is 0 Å². The zero-order valence-corrected chi connectivity index (χ0v) is 16.4. The number of nitrogens with one attached hydrogen (secondary N) is 2. The van der Waals surface area contributed by atoms with Crippen molar-refractivity contribution >= 4 is 28.6 Å². The summed E-state index contributed by atoms with van der Waals surface area (Å²) in [5.74, 6) is 0.854. The molecule has 0 radical (unpaired) electrons. The number of hydrogen-bond acceptors (Lipinski definition) is 3. The van der Waals surface area contributed by atoms with Gasteiger partial charge in [0.05, 0.1) is 6.04 Å². The maximum atomic E-state index is 4.95. The molecule has 1 aliphatic rings. The molecule has 2 atom stereocenters. The summed E-state index contributed by atoms with van der Waals surface area (Å²) in [6.07, 6.45) is 0. The Labute approximate surface area is 167 Å². The Bertz CT molecular complexity index is 894. The van der Waals surface area contributed by atoms with Crippen LogP contribution in [0.3, 0.4) is 0 Å².